The van der Waals surface area contributed by atoms with E-state index in [1.807, 2.05) is 18.2 Å². The fourth-order valence-electron chi connectivity index (χ4n) is 2.45. The summed E-state index contributed by atoms with van der Waals surface area (Å²) in [4.78, 5) is 24.4. The van der Waals surface area contributed by atoms with E-state index in [1.165, 1.54) is 43.3 Å². The molecule has 0 fully saturated rings. The zero-order chi connectivity index (χ0) is 18.7. The molecule has 0 unspecified atom stereocenters. The first kappa shape index (κ1) is 17.4. The van der Waals surface area contributed by atoms with Crippen LogP contribution in [0, 0.1) is 5.82 Å². The van der Waals surface area contributed by atoms with Crippen LogP contribution in [0.3, 0.4) is 0 Å². The number of hydrogen-bond acceptors (Lipinski definition) is 4. The summed E-state index contributed by atoms with van der Waals surface area (Å²) in [6, 6.07) is 15.4. The van der Waals surface area contributed by atoms with Crippen LogP contribution in [-0.2, 0) is 9.53 Å². The molecule has 1 amide bonds. The number of phenols is 1. The highest BCUT2D eigenvalue weighted by Crippen LogP contribution is 2.26. The van der Waals surface area contributed by atoms with E-state index in [0.717, 1.165) is 10.8 Å². The van der Waals surface area contributed by atoms with Gasteiger partial charge in [0.1, 0.15) is 17.1 Å². The molecule has 6 heteroatoms. The van der Waals surface area contributed by atoms with E-state index in [0.29, 0.717) is 5.69 Å². The van der Waals surface area contributed by atoms with Gasteiger partial charge in [-0.15, -0.1) is 0 Å². The number of amides is 1. The highest BCUT2D eigenvalue weighted by Gasteiger charge is 2.21. The third kappa shape index (κ3) is 3.80. The first-order chi connectivity index (χ1) is 12.4. The first-order valence-electron chi connectivity index (χ1n) is 7.93. The van der Waals surface area contributed by atoms with Crippen molar-refractivity contribution >= 4 is 28.3 Å². The number of hydrogen-bond donors (Lipinski definition) is 2. The standard InChI is InChI=1S/C20H16FNO4/c1-12(19(24)22-16-8-6-15(21)7-9-16)26-20(25)17-10-13-4-2-3-5-14(13)11-18(17)23/h2-12,23H,1H3,(H,22,24)/t12-/m1/s1. The number of aromatic hydroxyl groups is 1. The summed E-state index contributed by atoms with van der Waals surface area (Å²) < 4.78 is 18.0. The van der Waals surface area contributed by atoms with Gasteiger partial charge in [0.2, 0.25) is 0 Å². The van der Waals surface area contributed by atoms with Crippen LogP contribution in [0.2, 0.25) is 0 Å². The van der Waals surface area contributed by atoms with Gasteiger partial charge in [0.15, 0.2) is 6.10 Å². The van der Waals surface area contributed by atoms with Gasteiger partial charge in [-0.1, -0.05) is 24.3 Å². The fourth-order valence-corrected chi connectivity index (χ4v) is 2.45. The predicted octanol–water partition coefficient (Wildman–Crippen LogP) is 3.87. The van der Waals surface area contributed by atoms with Crippen molar-refractivity contribution in [2.45, 2.75) is 13.0 Å². The lowest BCUT2D eigenvalue weighted by atomic mass is 10.1. The molecule has 0 aliphatic carbocycles. The van der Waals surface area contributed by atoms with E-state index in [-0.39, 0.29) is 11.3 Å². The first-order valence-corrected chi connectivity index (χ1v) is 7.93. The minimum Gasteiger partial charge on any atom is -0.507 e. The van der Waals surface area contributed by atoms with Crippen LogP contribution in [-0.4, -0.2) is 23.1 Å². The van der Waals surface area contributed by atoms with Crippen LogP contribution in [0.1, 0.15) is 17.3 Å². The largest absolute Gasteiger partial charge is 0.507 e. The zero-order valence-corrected chi connectivity index (χ0v) is 13.9. The molecule has 26 heavy (non-hydrogen) atoms. The SMILES string of the molecule is C[C@@H](OC(=O)c1cc2ccccc2cc1O)C(=O)Nc1ccc(F)cc1. The van der Waals surface area contributed by atoms with Crippen LogP contribution < -0.4 is 5.32 Å². The van der Waals surface area contributed by atoms with Crippen molar-refractivity contribution in [1.29, 1.82) is 0 Å². The van der Waals surface area contributed by atoms with E-state index < -0.39 is 23.8 Å². The number of anilines is 1. The average molecular weight is 353 g/mol. The Labute approximate surface area is 149 Å². The molecule has 3 aromatic rings. The van der Waals surface area contributed by atoms with Gasteiger partial charge in [-0.05, 0) is 54.1 Å². The summed E-state index contributed by atoms with van der Waals surface area (Å²) >= 11 is 0. The lowest BCUT2D eigenvalue weighted by Crippen LogP contribution is -2.30. The van der Waals surface area contributed by atoms with Gasteiger partial charge in [0.05, 0.1) is 0 Å². The van der Waals surface area contributed by atoms with Crippen molar-refractivity contribution in [3.63, 3.8) is 0 Å². The average Bonchev–Trinajstić information content (AvgIpc) is 2.62. The molecule has 5 nitrogen and oxygen atoms in total. The number of halogens is 1. The number of fused-ring (bicyclic) bond motifs is 1. The minimum absolute atomic E-state index is 0.0230. The molecular weight excluding hydrogens is 337 g/mol. The minimum atomic E-state index is -1.10. The summed E-state index contributed by atoms with van der Waals surface area (Å²) in [5.41, 5.74) is 0.359. The Morgan fingerprint density at radius 3 is 2.31 bits per heavy atom. The Hall–Kier alpha value is -3.41. The van der Waals surface area contributed by atoms with Crippen molar-refractivity contribution in [3.05, 3.63) is 72.0 Å². The summed E-state index contributed by atoms with van der Waals surface area (Å²) in [5, 5.41) is 14.1. The van der Waals surface area contributed by atoms with Crippen LogP contribution in [0.5, 0.6) is 5.75 Å². The Morgan fingerprint density at radius 1 is 1.04 bits per heavy atom. The summed E-state index contributed by atoms with van der Waals surface area (Å²) in [7, 11) is 0. The third-order valence-electron chi connectivity index (χ3n) is 3.85. The molecule has 0 bridgehead atoms. The van der Waals surface area contributed by atoms with Gasteiger partial charge in [-0.3, -0.25) is 4.79 Å². The number of rotatable bonds is 4. The molecule has 0 aliphatic rings. The molecule has 0 aromatic heterocycles. The van der Waals surface area contributed by atoms with Crippen molar-refractivity contribution in [2.24, 2.45) is 0 Å². The summed E-state index contributed by atoms with van der Waals surface area (Å²) in [5.74, 6) is -2.02. The molecule has 0 heterocycles. The number of esters is 1. The molecule has 3 aromatic carbocycles. The molecule has 1 atom stereocenters. The quantitative estimate of drug-likeness (QED) is 0.698. The second kappa shape index (κ2) is 7.23. The number of phenolic OH excluding ortho intramolecular Hbond substituents is 1. The normalized spacial score (nSPS) is 11.8. The van der Waals surface area contributed by atoms with Gasteiger partial charge < -0.3 is 15.2 Å². The number of carbonyl (C=O) groups is 2. The molecule has 0 aliphatic heterocycles. The van der Waals surface area contributed by atoms with Gasteiger partial charge in [-0.2, -0.15) is 0 Å². The van der Waals surface area contributed by atoms with Crippen LogP contribution in [0.15, 0.2) is 60.7 Å². The van der Waals surface area contributed by atoms with Gasteiger partial charge >= 0.3 is 5.97 Å². The zero-order valence-electron chi connectivity index (χ0n) is 13.9. The number of benzene rings is 3. The van der Waals surface area contributed by atoms with Crippen LogP contribution in [0.25, 0.3) is 10.8 Å². The Balaban J connectivity index is 1.71. The maximum Gasteiger partial charge on any atom is 0.342 e. The molecular formula is C20H16FNO4. The third-order valence-corrected chi connectivity index (χ3v) is 3.85. The molecule has 2 N–H and O–H groups in total. The Bertz CT molecular complexity index is 969. The van der Waals surface area contributed by atoms with Crippen molar-refractivity contribution in [2.75, 3.05) is 5.32 Å². The molecule has 0 spiro atoms. The van der Waals surface area contributed by atoms with E-state index in [2.05, 4.69) is 5.32 Å². The smallest absolute Gasteiger partial charge is 0.342 e. The fraction of sp³-hybridized carbons (Fsp3) is 0.100. The Morgan fingerprint density at radius 2 is 1.65 bits per heavy atom. The van der Waals surface area contributed by atoms with Gasteiger partial charge in [-0.25, -0.2) is 9.18 Å². The van der Waals surface area contributed by atoms with Gasteiger partial charge in [0, 0.05) is 5.69 Å². The van der Waals surface area contributed by atoms with Crippen LogP contribution in [0.4, 0.5) is 10.1 Å². The predicted molar refractivity (Wildman–Crippen MR) is 95.5 cm³/mol. The number of nitrogens with one attached hydrogen (secondary N) is 1. The second-order valence-electron chi connectivity index (χ2n) is 5.76. The maximum absolute atomic E-state index is 12.9. The highest BCUT2D eigenvalue weighted by atomic mass is 19.1. The van der Waals surface area contributed by atoms with Crippen molar-refractivity contribution < 1.29 is 23.8 Å². The topological polar surface area (TPSA) is 75.6 Å². The van der Waals surface area contributed by atoms with E-state index in [9.17, 15) is 19.1 Å². The second-order valence-corrected chi connectivity index (χ2v) is 5.76. The Kier molecular flexibility index (Phi) is 4.84. The highest BCUT2D eigenvalue weighted by molar-refractivity contribution is 6.01. The molecule has 0 saturated carbocycles. The van der Waals surface area contributed by atoms with E-state index in [4.69, 9.17) is 4.74 Å². The molecule has 0 radical (unpaired) electrons. The van der Waals surface area contributed by atoms with E-state index in [1.54, 1.807) is 6.07 Å². The van der Waals surface area contributed by atoms with E-state index >= 15 is 0 Å². The lowest BCUT2D eigenvalue weighted by molar-refractivity contribution is -0.123. The number of carbonyl (C=O) groups excluding carboxylic acids is 2. The number of ether oxygens (including phenoxy) is 1. The lowest BCUT2D eigenvalue weighted by Gasteiger charge is -2.14. The monoisotopic (exact) mass is 353 g/mol. The van der Waals surface area contributed by atoms with Crippen molar-refractivity contribution in [1.82, 2.24) is 0 Å². The molecule has 132 valence electrons. The maximum atomic E-state index is 12.9. The van der Waals surface area contributed by atoms with Crippen LogP contribution >= 0.6 is 0 Å². The summed E-state index contributed by atoms with van der Waals surface area (Å²) in [6.07, 6.45) is -1.10. The molecule has 0 saturated heterocycles. The molecule has 3 rings (SSSR count). The summed E-state index contributed by atoms with van der Waals surface area (Å²) in [6.45, 7) is 1.41. The van der Waals surface area contributed by atoms with Gasteiger partial charge in [0.25, 0.3) is 5.91 Å². The van der Waals surface area contributed by atoms with Crippen molar-refractivity contribution in [3.8, 4) is 5.75 Å².